The van der Waals surface area contributed by atoms with Crippen LogP contribution in [0.15, 0.2) is 48.8 Å². The van der Waals surface area contributed by atoms with E-state index < -0.39 is 0 Å². The number of pyridine rings is 2. The van der Waals surface area contributed by atoms with Crippen LogP contribution in [0.2, 0.25) is 5.02 Å². The maximum atomic E-state index is 12.2. The van der Waals surface area contributed by atoms with Crippen LogP contribution in [-0.4, -0.2) is 21.9 Å². The van der Waals surface area contributed by atoms with E-state index in [1.807, 2.05) is 44.2 Å². The number of nitrogens with zero attached hydrogens (tertiary/aromatic N) is 2. The maximum absolute atomic E-state index is 12.2. The van der Waals surface area contributed by atoms with Crippen molar-refractivity contribution in [3.05, 3.63) is 59.5 Å². The van der Waals surface area contributed by atoms with Gasteiger partial charge in [0.25, 0.3) is 5.91 Å². The number of hydrogen-bond donors (Lipinski definition) is 1. The zero-order valence-electron chi connectivity index (χ0n) is 12.9. The standard InChI is InChI=1S/C18H16ClN3O/c1-11(2)21-18(23)16-8-5-13-9-20-10-15(17(13)22-16)12-3-6-14(19)7-4-12/h3-11H,1-2H3,(H,21,23). The summed E-state index contributed by atoms with van der Waals surface area (Å²) < 4.78 is 0. The number of carbonyl (C=O) groups is 1. The van der Waals surface area contributed by atoms with Crippen LogP contribution >= 0.6 is 11.6 Å². The van der Waals surface area contributed by atoms with Crippen molar-refractivity contribution in [2.45, 2.75) is 19.9 Å². The fourth-order valence-electron chi connectivity index (χ4n) is 2.35. The summed E-state index contributed by atoms with van der Waals surface area (Å²) in [5, 5.41) is 4.42. The van der Waals surface area contributed by atoms with Gasteiger partial charge in [-0.3, -0.25) is 9.78 Å². The van der Waals surface area contributed by atoms with Gasteiger partial charge in [-0.25, -0.2) is 4.98 Å². The molecule has 116 valence electrons. The second-order valence-corrected chi connectivity index (χ2v) is 6.03. The fourth-order valence-corrected chi connectivity index (χ4v) is 2.47. The summed E-state index contributed by atoms with van der Waals surface area (Å²) in [5.41, 5.74) is 2.98. The summed E-state index contributed by atoms with van der Waals surface area (Å²) in [4.78, 5) is 21.0. The van der Waals surface area contributed by atoms with Crippen LogP contribution < -0.4 is 5.32 Å². The molecule has 2 heterocycles. The van der Waals surface area contributed by atoms with Gasteiger partial charge in [-0.1, -0.05) is 23.7 Å². The molecule has 1 amide bonds. The van der Waals surface area contributed by atoms with E-state index in [1.165, 1.54) is 0 Å². The van der Waals surface area contributed by atoms with E-state index in [-0.39, 0.29) is 11.9 Å². The molecular formula is C18H16ClN3O. The molecule has 5 heteroatoms. The molecule has 0 atom stereocenters. The van der Waals surface area contributed by atoms with Crippen molar-refractivity contribution in [1.82, 2.24) is 15.3 Å². The summed E-state index contributed by atoms with van der Waals surface area (Å²) in [7, 11) is 0. The van der Waals surface area contributed by atoms with Gasteiger partial charge in [-0.15, -0.1) is 0 Å². The number of amides is 1. The van der Waals surface area contributed by atoms with Crippen molar-refractivity contribution in [3.63, 3.8) is 0 Å². The number of hydrogen-bond acceptors (Lipinski definition) is 3. The second-order valence-electron chi connectivity index (χ2n) is 5.59. The SMILES string of the molecule is CC(C)NC(=O)c1ccc2cncc(-c3ccc(Cl)cc3)c2n1. The zero-order chi connectivity index (χ0) is 16.4. The Bertz CT molecular complexity index is 860. The first-order chi connectivity index (χ1) is 11.0. The first kappa shape index (κ1) is 15.4. The predicted molar refractivity (Wildman–Crippen MR) is 92.6 cm³/mol. The fraction of sp³-hybridized carbons (Fsp3) is 0.167. The van der Waals surface area contributed by atoms with E-state index >= 15 is 0 Å². The summed E-state index contributed by atoms with van der Waals surface area (Å²) in [6.07, 6.45) is 3.49. The van der Waals surface area contributed by atoms with Crippen LogP contribution in [0.4, 0.5) is 0 Å². The summed E-state index contributed by atoms with van der Waals surface area (Å²) in [6.45, 7) is 3.84. The normalized spacial score (nSPS) is 11.0. The lowest BCUT2D eigenvalue weighted by Gasteiger charge is -2.10. The monoisotopic (exact) mass is 325 g/mol. The van der Waals surface area contributed by atoms with Gasteiger partial charge in [0.2, 0.25) is 0 Å². The Morgan fingerprint density at radius 2 is 1.83 bits per heavy atom. The van der Waals surface area contributed by atoms with E-state index in [9.17, 15) is 4.79 Å². The molecular weight excluding hydrogens is 310 g/mol. The van der Waals surface area contributed by atoms with Crippen LogP contribution in [0.1, 0.15) is 24.3 Å². The quantitative estimate of drug-likeness (QED) is 0.789. The van der Waals surface area contributed by atoms with E-state index in [0.717, 1.165) is 22.0 Å². The van der Waals surface area contributed by atoms with E-state index in [4.69, 9.17) is 11.6 Å². The van der Waals surface area contributed by atoms with Crippen LogP contribution in [0.3, 0.4) is 0 Å². The van der Waals surface area contributed by atoms with Crippen molar-refractivity contribution in [1.29, 1.82) is 0 Å². The molecule has 3 aromatic rings. The molecule has 1 N–H and O–H groups in total. The molecule has 0 saturated carbocycles. The molecule has 0 aliphatic rings. The first-order valence-corrected chi connectivity index (χ1v) is 7.74. The topological polar surface area (TPSA) is 54.9 Å². The Kier molecular flexibility index (Phi) is 4.26. The van der Waals surface area contributed by atoms with E-state index in [1.54, 1.807) is 18.5 Å². The Morgan fingerprint density at radius 3 is 2.52 bits per heavy atom. The molecule has 0 saturated heterocycles. The van der Waals surface area contributed by atoms with Gasteiger partial charge in [0.05, 0.1) is 5.52 Å². The molecule has 1 aromatic carbocycles. The predicted octanol–water partition coefficient (Wildman–Crippen LogP) is 4.09. The average molecular weight is 326 g/mol. The Labute approximate surface area is 139 Å². The number of halogens is 1. The molecule has 23 heavy (non-hydrogen) atoms. The Hall–Kier alpha value is -2.46. The lowest BCUT2D eigenvalue weighted by atomic mass is 10.0. The Morgan fingerprint density at radius 1 is 1.09 bits per heavy atom. The molecule has 3 rings (SSSR count). The minimum Gasteiger partial charge on any atom is -0.349 e. The maximum Gasteiger partial charge on any atom is 0.270 e. The summed E-state index contributed by atoms with van der Waals surface area (Å²) >= 11 is 5.95. The van der Waals surface area contributed by atoms with Crippen molar-refractivity contribution in [3.8, 4) is 11.1 Å². The average Bonchev–Trinajstić information content (AvgIpc) is 2.54. The van der Waals surface area contributed by atoms with Gasteiger partial charge >= 0.3 is 0 Å². The molecule has 2 aromatic heterocycles. The second kappa shape index (κ2) is 6.34. The van der Waals surface area contributed by atoms with Crippen molar-refractivity contribution >= 4 is 28.4 Å². The Balaban J connectivity index is 2.11. The van der Waals surface area contributed by atoms with Gasteiger partial charge < -0.3 is 5.32 Å². The lowest BCUT2D eigenvalue weighted by Crippen LogP contribution is -2.30. The third-order valence-electron chi connectivity index (χ3n) is 3.41. The smallest absolute Gasteiger partial charge is 0.270 e. The van der Waals surface area contributed by atoms with Gasteiger partial charge in [-0.05, 0) is 43.7 Å². The van der Waals surface area contributed by atoms with Crippen LogP contribution in [0, 0.1) is 0 Å². The highest BCUT2D eigenvalue weighted by Gasteiger charge is 2.12. The minimum absolute atomic E-state index is 0.0631. The third-order valence-corrected chi connectivity index (χ3v) is 3.66. The van der Waals surface area contributed by atoms with E-state index in [0.29, 0.717) is 10.7 Å². The highest BCUT2D eigenvalue weighted by Crippen LogP contribution is 2.27. The molecule has 0 unspecified atom stereocenters. The summed E-state index contributed by atoms with van der Waals surface area (Å²) in [6, 6.07) is 11.1. The largest absolute Gasteiger partial charge is 0.349 e. The molecule has 0 radical (unpaired) electrons. The molecule has 4 nitrogen and oxygen atoms in total. The molecule has 0 spiro atoms. The van der Waals surface area contributed by atoms with Crippen molar-refractivity contribution < 1.29 is 4.79 Å². The number of carbonyl (C=O) groups excluding carboxylic acids is 1. The number of fused-ring (bicyclic) bond motifs is 1. The van der Waals surface area contributed by atoms with Gasteiger partial charge in [0.1, 0.15) is 5.69 Å². The first-order valence-electron chi connectivity index (χ1n) is 7.36. The third kappa shape index (κ3) is 3.32. The molecule has 0 fully saturated rings. The van der Waals surface area contributed by atoms with Crippen molar-refractivity contribution in [2.75, 3.05) is 0 Å². The lowest BCUT2D eigenvalue weighted by molar-refractivity contribution is 0.0938. The van der Waals surface area contributed by atoms with Crippen molar-refractivity contribution in [2.24, 2.45) is 0 Å². The van der Waals surface area contributed by atoms with Gasteiger partial charge in [0, 0.05) is 34.4 Å². The highest BCUT2D eigenvalue weighted by molar-refractivity contribution is 6.30. The number of nitrogens with one attached hydrogen (secondary N) is 1. The number of aromatic nitrogens is 2. The summed E-state index contributed by atoms with van der Waals surface area (Å²) in [5.74, 6) is -0.180. The molecule has 0 aliphatic heterocycles. The van der Waals surface area contributed by atoms with Gasteiger partial charge in [0.15, 0.2) is 0 Å². The van der Waals surface area contributed by atoms with Crippen LogP contribution in [0.25, 0.3) is 22.0 Å². The number of rotatable bonds is 3. The highest BCUT2D eigenvalue weighted by atomic mass is 35.5. The zero-order valence-corrected chi connectivity index (χ0v) is 13.6. The van der Waals surface area contributed by atoms with Crippen LogP contribution in [-0.2, 0) is 0 Å². The van der Waals surface area contributed by atoms with E-state index in [2.05, 4.69) is 15.3 Å². The minimum atomic E-state index is -0.180. The van der Waals surface area contributed by atoms with Gasteiger partial charge in [-0.2, -0.15) is 0 Å². The number of benzene rings is 1. The molecule has 0 aliphatic carbocycles. The molecule has 0 bridgehead atoms. The van der Waals surface area contributed by atoms with Crippen LogP contribution in [0.5, 0.6) is 0 Å².